The van der Waals surface area contributed by atoms with Gasteiger partial charge in [0.05, 0.1) is 0 Å². The summed E-state index contributed by atoms with van der Waals surface area (Å²) in [6.45, 7) is 8.97. The zero-order valence-corrected chi connectivity index (χ0v) is 13.5. The highest BCUT2D eigenvalue weighted by atomic mass is 16.7. The molecule has 0 amide bonds. The van der Waals surface area contributed by atoms with Gasteiger partial charge in [-0.25, -0.2) is 0 Å². The molecule has 2 aliphatic heterocycles. The third-order valence-corrected chi connectivity index (χ3v) is 3.10. The summed E-state index contributed by atoms with van der Waals surface area (Å²) in [4.78, 5) is 11.9. The minimum atomic E-state index is -0.208. The van der Waals surface area contributed by atoms with Gasteiger partial charge < -0.3 is 14.2 Å². The van der Waals surface area contributed by atoms with E-state index in [-0.39, 0.29) is 18.7 Å². The van der Waals surface area contributed by atoms with Gasteiger partial charge in [0.25, 0.3) is 0 Å². The van der Waals surface area contributed by atoms with Crippen molar-refractivity contribution < 1.29 is 19.0 Å². The summed E-state index contributed by atoms with van der Waals surface area (Å²) >= 11 is 0. The van der Waals surface area contributed by atoms with E-state index < -0.39 is 0 Å². The fourth-order valence-corrected chi connectivity index (χ4v) is 2.20. The lowest BCUT2D eigenvalue weighted by Gasteiger charge is -2.08. The number of carbonyl (C=O) groups is 1. The fraction of sp³-hybridized carbons (Fsp3) is 0.588. The molecule has 21 heavy (non-hydrogen) atoms. The van der Waals surface area contributed by atoms with Crippen LogP contribution in [-0.2, 0) is 16.0 Å². The van der Waals surface area contributed by atoms with Crippen molar-refractivity contribution >= 4 is 5.78 Å². The van der Waals surface area contributed by atoms with Crippen LogP contribution in [0, 0.1) is 0 Å². The number of Topliss-reactive ketones (excluding diaryl/α,β-unsaturated/α-hetero) is 1. The van der Waals surface area contributed by atoms with Crippen LogP contribution in [0.1, 0.15) is 46.1 Å². The van der Waals surface area contributed by atoms with Crippen molar-refractivity contribution in [1.29, 1.82) is 0 Å². The predicted molar refractivity (Wildman–Crippen MR) is 82.9 cm³/mol. The molecule has 1 fully saturated rings. The van der Waals surface area contributed by atoms with Crippen LogP contribution in [0.3, 0.4) is 0 Å². The van der Waals surface area contributed by atoms with E-state index in [9.17, 15) is 4.79 Å². The Kier molecular flexibility index (Phi) is 7.83. The Morgan fingerprint density at radius 3 is 2.52 bits per heavy atom. The maximum Gasteiger partial charge on any atom is 0.231 e. The predicted octanol–water partition coefficient (Wildman–Crippen LogP) is 3.76. The molecule has 2 aliphatic rings. The first-order valence-electron chi connectivity index (χ1n) is 7.86. The average molecular weight is 294 g/mol. The Hall–Kier alpha value is -1.55. The molecular weight excluding hydrogens is 268 g/mol. The number of benzene rings is 1. The highest BCUT2D eigenvalue weighted by Gasteiger charge is 2.24. The topological polar surface area (TPSA) is 44.8 Å². The van der Waals surface area contributed by atoms with Crippen molar-refractivity contribution in [3.05, 3.63) is 23.8 Å². The average Bonchev–Trinajstić information content (AvgIpc) is 3.22. The van der Waals surface area contributed by atoms with Crippen molar-refractivity contribution in [2.45, 2.75) is 53.1 Å². The van der Waals surface area contributed by atoms with Crippen LogP contribution >= 0.6 is 0 Å². The molecule has 0 saturated carbocycles. The Morgan fingerprint density at radius 2 is 1.86 bits per heavy atom. The summed E-state index contributed by atoms with van der Waals surface area (Å²) in [5.74, 6) is 1.63. The van der Waals surface area contributed by atoms with Crippen LogP contribution in [0.15, 0.2) is 18.2 Å². The normalized spacial score (nSPS) is 18.2. The van der Waals surface area contributed by atoms with Gasteiger partial charge in [-0.2, -0.15) is 0 Å². The lowest BCUT2D eigenvalue weighted by Crippen LogP contribution is -2.21. The molecule has 1 aromatic carbocycles. The molecule has 4 heteroatoms. The molecule has 0 radical (unpaired) electrons. The number of hydrogen-bond acceptors (Lipinski definition) is 4. The first-order valence-corrected chi connectivity index (χ1v) is 7.86. The monoisotopic (exact) mass is 294 g/mol. The van der Waals surface area contributed by atoms with E-state index >= 15 is 0 Å². The zero-order chi connectivity index (χ0) is 15.7. The zero-order valence-electron chi connectivity index (χ0n) is 13.5. The smallest absolute Gasteiger partial charge is 0.231 e. The molecule has 1 unspecified atom stereocenters. The van der Waals surface area contributed by atoms with E-state index in [1.807, 2.05) is 45.9 Å². The number of rotatable bonds is 3. The SMILES string of the molecule is CC.CC.O=C(Cc1ccc2c(c1)OCO2)C1CCCO1. The van der Waals surface area contributed by atoms with Crippen LogP contribution in [-0.4, -0.2) is 25.3 Å². The largest absolute Gasteiger partial charge is 0.454 e. The molecular formula is C17H26O4. The van der Waals surface area contributed by atoms with Crippen LogP contribution in [0.4, 0.5) is 0 Å². The first-order chi connectivity index (χ1) is 10.3. The number of ether oxygens (including phenoxy) is 3. The quantitative estimate of drug-likeness (QED) is 0.851. The molecule has 118 valence electrons. The Morgan fingerprint density at radius 1 is 1.14 bits per heavy atom. The molecule has 0 spiro atoms. The van der Waals surface area contributed by atoms with Gasteiger partial charge in [0.15, 0.2) is 17.3 Å². The molecule has 2 heterocycles. The first kappa shape index (κ1) is 17.5. The highest BCUT2D eigenvalue weighted by Crippen LogP contribution is 2.32. The van der Waals surface area contributed by atoms with Gasteiger partial charge in [0.1, 0.15) is 6.10 Å². The Labute approximate surface area is 127 Å². The van der Waals surface area contributed by atoms with Gasteiger partial charge in [-0.05, 0) is 30.5 Å². The van der Waals surface area contributed by atoms with Crippen molar-refractivity contribution in [1.82, 2.24) is 0 Å². The molecule has 1 aromatic rings. The summed E-state index contributed by atoms with van der Waals surface area (Å²) in [5, 5.41) is 0. The second kappa shape index (κ2) is 9.40. The van der Waals surface area contributed by atoms with E-state index in [1.54, 1.807) is 0 Å². The van der Waals surface area contributed by atoms with Crippen LogP contribution in [0.25, 0.3) is 0 Å². The molecule has 0 N–H and O–H groups in total. The van der Waals surface area contributed by atoms with E-state index in [0.717, 1.165) is 29.9 Å². The van der Waals surface area contributed by atoms with Gasteiger partial charge in [-0.15, -0.1) is 0 Å². The molecule has 4 nitrogen and oxygen atoms in total. The van der Waals surface area contributed by atoms with E-state index in [1.165, 1.54) is 0 Å². The van der Waals surface area contributed by atoms with E-state index in [0.29, 0.717) is 13.0 Å². The minimum Gasteiger partial charge on any atom is -0.454 e. The fourth-order valence-electron chi connectivity index (χ4n) is 2.20. The molecule has 1 saturated heterocycles. The van der Waals surface area contributed by atoms with Gasteiger partial charge in [0, 0.05) is 13.0 Å². The van der Waals surface area contributed by atoms with Crippen molar-refractivity contribution in [3.63, 3.8) is 0 Å². The third-order valence-electron chi connectivity index (χ3n) is 3.10. The molecule has 0 bridgehead atoms. The minimum absolute atomic E-state index is 0.154. The van der Waals surface area contributed by atoms with E-state index in [2.05, 4.69) is 0 Å². The molecule has 0 aromatic heterocycles. The van der Waals surface area contributed by atoms with Gasteiger partial charge >= 0.3 is 0 Å². The molecule has 0 aliphatic carbocycles. The summed E-state index contributed by atoms with van der Waals surface area (Å²) in [7, 11) is 0. The van der Waals surface area contributed by atoms with E-state index in [4.69, 9.17) is 14.2 Å². The Balaban J connectivity index is 0.000000510. The third kappa shape index (κ3) is 4.74. The maximum absolute atomic E-state index is 11.9. The van der Waals surface area contributed by atoms with Gasteiger partial charge in [-0.3, -0.25) is 4.79 Å². The maximum atomic E-state index is 11.9. The summed E-state index contributed by atoms with van der Waals surface area (Å²) < 4.78 is 15.9. The lowest BCUT2D eigenvalue weighted by molar-refractivity contribution is -0.127. The van der Waals surface area contributed by atoms with Crippen LogP contribution < -0.4 is 9.47 Å². The van der Waals surface area contributed by atoms with Crippen molar-refractivity contribution in [3.8, 4) is 11.5 Å². The van der Waals surface area contributed by atoms with Crippen molar-refractivity contribution in [2.24, 2.45) is 0 Å². The second-order valence-corrected chi connectivity index (χ2v) is 4.33. The summed E-state index contributed by atoms with van der Waals surface area (Å²) in [5.41, 5.74) is 0.953. The Bertz CT molecular complexity index is 436. The van der Waals surface area contributed by atoms with Crippen molar-refractivity contribution in [2.75, 3.05) is 13.4 Å². The number of fused-ring (bicyclic) bond motifs is 1. The van der Waals surface area contributed by atoms with Crippen LogP contribution in [0.5, 0.6) is 11.5 Å². The second-order valence-electron chi connectivity index (χ2n) is 4.33. The standard InChI is InChI=1S/C13H14O4.2C2H6/c14-10(11-2-1-5-15-11)6-9-3-4-12-13(7-9)17-8-16-12;2*1-2/h3-4,7,11H,1-2,5-6,8H2;2*1-2H3. The highest BCUT2D eigenvalue weighted by molar-refractivity contribution is 5.85. The summed E-state index contributed by atoms with van der Waals surface area (Å²) in [6.07, 6.45) is 2.03. The molecule has 3 rings (SSSR count). The lowest BCUT2D eigenvalue weighted by atomic mass is 10.0. The molecule has 1 atom stereocenters. The summed E-state index contributed by atoms with van der Waals surface area (Å²) in [6, 6.07) is 5.62. The number of ketones is 1. The number of carbonyl (C=O) groups excluding carboxylic acids is 1. The van der Waals surface area contributed by atoms with Crippen LogP contribution in [0.2, 0.25) is 0 Å². The number of hydrogen-bond donors (Lipinski definition) is 0. The van der Waals surface area contributed by atoms with Gasteiger partial charge in [0.2, 0.25) is 6.79 Å². The van der Waals surface area contributed by atoms with Gasteiger partial charge in [-0.1, -0.05) is 33.8 Å².